The smallest absolute Gasteiger partial charge is 0.137 e. The number of pyridine rings is 1. The van der Waals surface area contributed by atoms with Gasteiger partial charge in [-0.1, -0.05) is 6.92 Å². The van der Waals surface area contributed by atoms with Gasteiger partial charge in [-0.25, -0.2) is 4.98 Å². The normalized spacial score (nSPS) is 11.0. The zero-order valence-corrected chi connectivity index (χ0v) is 8.31. The Morgan fingerprint density at radius 2 is 2.15 bits per heavy atom. The van der Waals surface area contributed by atoms with E-state index in [0.29, 0.717) is 0 Å². The average molecular weight is 174 g/mol. The maximum absolute atomic E-state index is 4.35. The molecule has 2 heterocycles. The van der Waals surface area contributed by atoms with Gasteiger partial charge in [-0.15, -0.1) is 0 Å². The number of aromatic nitrogens is 2. The molecule has 2 aromatic rings. The van der Waals surface area contributed by atoms with E-state index in [1.807, 2.05) is 6.20 Å². The van der Waals surface area contributed by atoms with Crippen LogP contribution >= 0.6 is 0 Å². The molecule has 0 aliphatic heterocycles. The highest BCUT2D eigenvalue weighted by molar-refractivity contribution is 5.81. The molecule has 0 aliphatic rings. The van der Waals surface area contributed by atoms with Crippen LogP contribution in [-0.4, -0.2) is 9.97 Å². The number of fused-ring (bicyclic) bond motifs is 1. The van der Waals surface area contributed by atoms with Gasteiger partial charge in [-0.3, -0.25) is 0 Å². The number of rotatable bonds is 1. The minimum absolute atomic E-state index is 1.01. The molecule has 0 amide bonds. The highest BCUT2D eigenvalue weighted by Gasteiger charge is 2.05. The second-order valence-electron chi connectivity index (χ2n) is 3.49. The van der Waals surface area contributed by atoms with Crippen molar-refractivity contribution in [1.29, 1.82) is 0 Å². The Labute approximate surface area is 78.0 Å². The van der Waals surface area contributed by atoms with Crippen LogP contribution in [0.2, 0.25) is 0 Å². The molecule has 0 aliphatic carbocycles. The highest BCUT2D eigenvalue weighted by atomic mass is 14.8. The first-order chi connectivity index (χ1) is 6.22. The molecule has 0 radical (unpaired) electrons. The second kappa shape index (κ2) is 2.87. The number of nitrogens with one attached hydrogen (secondary N) is 1. The summed E-state index contributed by atoms with van der Waals surface area (Å²) in [6, 6.07) is 2.17. The summed E-state index contributed by atoms with van der Waals surface area (Å²) < 4.78 is 0. The van der Waals surface area contributed by atoms with Crippen molar-refractivity contribution in [1.82, 2.24) is 9.97 Å². The minimum Gasteiger partial charge on any atom is -0.344 e. The van der Waals surface area contributed by atoms with Gasteiger partial charge in [0.1, 0.15) is 5.65 Å². The standard InChI is InChI=1S/C11H14N2/c1-4-9-7(2)6-12-11-10(9)5-8(3)13-11/h5-6H,4H2,1-3H3,(H,12,13). The Morgan fingerprint density at radius 1 is 1.38 bits per heavy atom. The van der Waals surface area contributed by atoms with E-state index in [4.69, 9.17) is 0 Å². The van der Waals surface area contributed by atoms with Crippen LogP contribution in [0.25, 0.3) is 11.0 Å². The quantitative estimate of drug-likeness (QED) is 0.707. The summed E-state index contributed by atoms with van der Waals surface area (Å²) in [4.78, 5) is 7.60. The van der Waals surface area contributed by atoms with E-state index < -0.39 is 0 Å². The maximum atomic E-state index is 4.35. The Morgan fingerprint density at radius 3 is 2.85 bits per heavy atom. The molecule has 68 valence electrons. The number of aromatic amines is 1. The first-order valence-electron chi connectivity index (χ1n) is 4.66. The molecule has 0 atom stereocenters. The lowest BCUT2D eigenvalue weighted by Gasteiger charge is -2.02. The summed E-state index contributed by atoms with van der Waals surface area (Å²) in [6.07, 6.45) is 3.01. The van der Waals surface area contributed by atoms with Gasteiger partial charge in [0.05, 0.1) is 0 Å². The van der Waals surface area contributed by atoms with Gasteiger partial charge < -0.3 is 4.98 Å². The first-order valence-corrected chi connectivity index (χ1v) is 4.66. The predicted octanol–water partition coefficient (Wildman–Crippen LogP) is 2.74. The van der Waals surface area contributed by atoms with E-state index in [-0.39, 0.29) is 0 Å². The third-order valence-corrected chi connectivity index (χ3v) is 2.47. The third kappa shape index (κ3) is 1.22. The molecule has 0 unspecified atom stereocenters. The number of hydrogen-bond donors (Lipinski definition) is 1. The lowest BCUT2D eigenvalue weighted by atomic mass is 10.1. The summed E-state index contributed by atoms with van der Waals surface area (Å²) in [7, 11) is 0. The van der Waals surface area contributed by atoms with Crippen LogP contribution in [0.15, 0.2) is 12.3 Å². The molecule has 2 heteroatoms. The van der Waals surface area contributed by atoms with E-state index in [1.165, 1.54) is 22.2 Å². The Balaban J connectivity index is 2.82. The van der Waals surface area contributed by atoms with Crippen LogP contribution in [0.5, 0.6) is 0 Å². The predicted molar refractivity (Wildman–Crippen MR) is 54.9 cm³/mol. The maximum Gasteiger partial charge on any atom is 0.137 e. The Bertz CT molecular complexity index is 441. The van der Waals surface area contributed by atoms with Crippen LogP contribution in [0.1, 0.15) is 23.7 Å². The lowest BCUT2D eigenvalue weighted by molar-refractivity contribution is 1.11. The molecule has 13 heavy (non-hydrogen) atoms. The molecule has 2 nitrogen and oxygen atoms in total. The lowest BCUT2D eigenvalue weighted by Crippen LogP contribution is -1.89. The molecule has 2 rings (SSSR count). The zero-order chi connectivity index (χ0) is 9.42. The van der Waals surface area contributed by atoms with Crippen LogP contribution in [0.4, 0.5) is 0 Å². The average Bonchev–Trinajstić information content (AvgIpc) is 2.45. The summed E-state index contributed by atoms with van der Waals surface area (Å²) in [5.74, 6) is 0. The van der Waals surface area contributed by atoms with Crippen molar-refractivity contribution < 1.29 is 0 Å². The van der Waals surface area contributed by atoms with Crippen LogP contribution in [0, 0.1) is 13.8 Å². The van der Waals surface area contributed by atoms with E-state index >= 15 is 0 Å². The molecular formula is C11H14N2. The van der Waals surface area contributed by atoms with Crippen LogP contribution in [0.3, 0.4) is 0 Å². The second-order valence-corrected chi connectivity index (χ2v) is 3.49. The van der Waals surface area contributed by atoms with Crippen molar-refractivity contribution in [2.75, 3.05) is 0 Å². The van der Waals surface area contributed by atoms with Crippen molar-refractivity contribution in [3.05, 3.63) is 29.1 Å². The number of aryl methyl sites for hydroxylation is 3. The molecule has 0 aromatic carbocycles. The topological polar surface area (TPSA) is 28.7 Å². The molecule has 0 spiro atoms. The van der Waals surface area contributed by atoms with Crippen molar-refractivity contribution in [2.45, 2.75) is 27.2 Å². The van der Waals surface area contributed by atoms with Gasteiger partial charge >= 0.3 is 0 Å². The molecular weight excluding hydrogens is 160 g/mol. The van der Waals surface area contributed by atoms with Crippen molar-refractivity contribution >= 4 is 11.0 Å². The van der Waals surface area contributed by atoms with Crippen LogP contribution < -0.4 is 0 Å². The fraction of sp³-hybridized carbons (Fsp3) is 0.364. The summed E-state index contributed by atoms with van der Waals surface area (Å²) in [6.45, 7) is 6.37. The molecule has 0 saturated carbocycles. The highest BCUT2D eigenvalue weighted by Crippen LogP contribution is 2.21. The van der Waals surface area contributed by atoms with E-state index in [0.717, 1.165) is 12.1 Å². The number of hydrogen-bond acceptors (Lipinski definition) is 1. The molecule has 0 fully saturated rings. The van der Waals surface area contributed by atoms with Crippen LogP contribution in [-0.2, 0) is 6.42 Å². The Hall–Kier alpha value is -1.31. The number of nitrogens with zero attached hydrogens (tertiary/aromatic N) is 1. The van der Waals surface area contributed by atoms with Gasteiger partial charge in [0, 0.05) is 17.3 Å². The third-order valence-electron chi connectivity index (χ3n) is 2.47. The fourth-order valence-electron chi connectivity index (χ4n) is 1.83. The SMILES string of the molecule is CCc1c(C)cnc2[nH]c(C)cc12. The summed E-state index contributed by atoms with van der Waals surface area (Å²) >= 11 is 0. The van der Waals surface area contributed by atoms with Gasteiger partial charge in [-0.2, -0.15) is 0 Å². The van der Waals surface area contributed by atoms with Crippen molar-refractivity contribution in [3.63, 3.8) is 0 Å². The molecule has 0 bridgehead atoms. The van der Waals surface area contributed by atoms with E-state index in [2.05, 4.69) is 36.8 Å². The summed E-state index contributed by atoms with van der Waals surface area (Å²) in [5.41, 5.74) is 4.89. The van der Waals surface area contributed by atoms with Gasteiger partial charge in [-0.05, 0) is 37.5 Å². The fourth-order valence-corrected chi connectivity index (χ4v) is 1.83. The number of H-pyrrole nitrogens is 1. The van der Waals surface area contributed by atoms with Gasteiger partial charge in [0.25, 0.3) is 0 Å². The largest absolute Gasteiger partial charge is 0.344 e. The molecule has 0 saturated heterocycles. The minimum atomic E-state index is 1.01. The molecule has 2 aromatic heterocycles. The van der Waals surface area contributed by atoms with E-state index in [9.17, 15) is 0 Å². The van der Waals surface area contributed by atoms with Gasteiger partial charge in [0.2, 0.25) is 0 Å². The zero-order valence-electron chi connectivity index (χ0n) is 8.31. The van der Waals surface area contributed by atoms with E-state index in [1.54, 1.807) is 0 Å². The monoisotopic (exact) mass is 174 g/mol. The molecule has 1 N–H and O–H groups in total. The summed E-state index contributed by atoms with van der Waals surface area (Å²) in [5, 5.41) is 1.28. The van der Waals surface area contributed by atoms with Crippen molar-refractivity contribution in [2.24, 2.45) is 0 Å². The first kappa shape index (κ1) is 8.30. The Kier molecular flexibility index (Phi) is 1.83. The van der Waals surface area contributed by atoms with Crippen molar-refractivity contribution in [3.8, 4) is 0 Å². The van der Waals surface area contributed by atoms with Gasteiger partial charge in [0.15, 0.2) is 0 Å².